The molecule has 1 atom stereocenters. The first-order valence-corrected chi connectivity index (χ1v) is 10.9. The zero-order valence-corrected chi connectivity index (χ0v) is 17.1. The highest BCUT2D eigenvalue weighted by atomic mass is 16.1. The fraction of sp³-hybridized carbons (Fsp3) is 0.591. The molecule has 0 spiro atoms. The Labute approximate surface area is 172 Å². The third-order valence-corrected chi connectivity index (χ3v) is 6.24. The highest BCUT2D eigenvalue weighted by molar-refractivity contribution is 5.78. The first kappa shape index (κ1) is 20.0. The minimum atomic E-state index is 0.119. The van der Waals surface area contributed by atoms with Gasteiger partial charge in [-0.05, 0) is 56.9 Å². The number of hydrogen-bond acceptors (Lipinski definition) is 5. The Bertz CT molecular complexity index is 742. The van der Waals surface area contributed by atoms with Crippen molar-refractivity contribution in [1.29, 1.82) is 0 Å². The van der Waals surface area contributed by atoms with Crippen LogP contribution in [0.3, 0.4) is 0 Å². The molecular formula is C22H32N6O. The van der Waals surface area contributed by atoms with Crippen molar-refractivity contribution >= 4 is 5.91 Å². The Balaban J connectivity index is 1.20. The topological polar surface area (TPSA) is 77.2 Å². The van der Waals surface area contributed by atoms with Crippen molar-refractivity contribution < 1.29 is 4.79 Å². The summed E-state index contributed by atoms with van der Waals surface area (Å²) < 4.78 is 0. The number of carbonyl (C=O) groups excluding carboxylic acids is 1. The van der Waals surface area contributed by atoms with E-state index in [0.717, 1.165) is 57.8 Å². The van der Waals surface area contributed by atoms with Gasteiger partial charge in [0.2, 0.25) is 5.91 Å². The molecule has 4 rings (SSSR count). The number of imidazole rings is 1. The van der Waals surface area contributed by atoms with E-state index in [1.807, 2.05) is 24.7 Å². The predicted molar refractivity (Wildman–Crippen MR) is 112 cm³/mol. The van der Waals surface area contributed by atoms with E-state index >= 15 is 0 Å². The zero-order chi connectivity index (χ0) is 19.9. The van der Waals surface area contributed by atoms with Crippen molar-refractivity contribution in [2.75, 3.05) is 32.7 Å². The van der Waals surface area contributed by atoms with Crippen molar-refractivity contribution in [3.05, 3.63) is 48.3 Å². The summed E-state index contributed by atoms with van der Waals surface area (Å²) in [7, 11) is 0. The van der Waals surface area contributed by atoms with Gasteiger partial charge < -0.3 is 10.3 Å². The van der Waals surface area contributed by atoms with E-state index in [2.05, 4.69) is 36.1 Å². The maximum Gasteiger partial charge on any atom is 0.224 e. The molecule has 2 saturated heterocycles. The van der Waals surface area contributed by atoms with Crippen LogP contribution in [0, 0.1) is 5.92 Å². The van der Waals surface area contributed by atoms with Crippen molar-refractivity contribution in [3.63, 3.8) is 0 Å². The molecule has 0 aliphatic carbocycles. The first-order valence-electron chi connectivity index (χ1n) is 10.9. The van der Waals surface area contributed by atoms with Gasteiger partial charge in [-0.15, -0.1) is 0 Å². The van der Waals surface area contributed by atoms with E-state index < -0.39 is 0 Å². The van der Waals surface area contributed by atoms with Gasteiger partial charge in [0.05, 0.1) is 5.92 Å². The van der Waals surface area contributed by atoms with Crippen molar-refractivity contribution in [1.82, 2.24) is 30.1 Å². The Hall–Kier alpha value is -2.25. The molecule has 7 nitrogen and oxygen atoms in total. The number of rotatable bonds is 7. The van der Waals surface area contributed by atoms with Crippen LogP contribution in [0.2, 0.25) is 0 Å². The smallest absolute Gasteiger partial charge is 0.224 e. The lowest BCUT2D eigenvalue weighted by atomic mass is 9.93. The molecule has 0 bridgehead atoms. The fourth-order valence-electron chi connectivity index (χ4n) is 4.63. The van der Waals surface area contributed by atoms with Crippen molar-refractivity contribution in [2.24, 2.45) is 5.92 Å². The van der Waals surface area contributed by atoms with Crippen LogP contribution in [0.1, 0.15) is 37.1 Å². The molecule has 2 aliphatic rings. The van der Waals surface area contributed by atoms with Crippen LogP contribution in [-0.2, 0) is 17.8 Å². The number of nitrogens with one attached hydrogen (secondary N) is 2. The summed E-state index contributed by atoms with van der Waals surface area (Å²) in [6, 6.07) is 4.77. The predicted octanol–water partition coefficient (Wildman–Crippen LogP) is 1.84. The average Bonchev–Trinajstić information content (AvgIpc) is 3.29. The molecule has 4 heterocycles. The summed E-state index contributed by atoms with van der Waals surface area (Å²) in [6.07, 6.45) is 12.6. The van der Waals surface area contributed by atoms with Crippen LogP contribution in [0.5, 0.6) is 0 Å². The summed E-state index contributed by atoms with van der Waals surface area (Å²) in [5.74, 6) is 1.25. The second-order valence-corrected chi connectivity index (χ2v) is 8.28. The van der Waals surface area contributed by atoms with E-state index in [-0.39, 0.29) is 11.8 Å². The van der Waals surface area contributed by atoms with Gasteiger partial charge >= 0.3 is 0 Å². The van der Waals surface area contributed by atoms with Crippen molar-refractivity contribution in [2.45, 2.75) is 44.7 Å². The SMILES string of the molecule is O=C(NCCc1ncc[nH]1)C1CCCN(C2CCN(Cc3cccnc3)CC2)C1. The molecule has 2 aromatic heterocycles. The minimum absolute atomic E-state index is 0.119. The van der Waals surface area contributed by atoms with Gasteiger partial charge in [-0.2, -0.15) is 0 Å². The van der Waals surface area contributed by atoms with Crippen LogP contribution >= 0.6 is 0 Å². The van der Waals surface area contributed by atoms with E-state index in [9.17, 15) is 4.79 Å². The molecule has 7 heteroatoms. The summed E-state index contributed by atoms with van der Waals surface area (Å²) in [5, 5.41) is 3.11. The lowest BCUT2D eigenvalue weighted by Crippen LogP contribution is -2.50. The zero-order valence-electron chi connectivity index (χ0n) is 17.1. The number of amides is 1. The molecule has 29 heavy (non-hydrogen) atoms. The maximum absolute atomic E-state index is 12.6. The van der Waals surface area contributed by atoms with Gasteiger partial charge in [0, 0.05) is 56.9 Å². The molecule has 2 fully saturated rings. The number of piperidine rings is 2. The number of hydrogen-bond donors (Lipinski definition) is 2. The number of nitrogens with zero attached hydrogens (tertiary/aromatic N) is 4. The molecule has 2 aliphatic heterocycles. The Morgan fingerprint density at radius 2 is 2.10 bits per heavy atom. The molecule has 0 radical (unpaired) electrons. The van der Waals surface area contributed by atoms with E-state index in [1.165, 1.54) is 18.4 Å². The highest BCUT2D eigenvalue weighted by Crippen LogP contribution is 2.24. The molecule has 2 N–H and O–H groups in total. The van der Waals surface area contributed by atoms with Gasteiger partial charge in [0.15, 0.2) is 0 Å². The molecule has 2 aromatic rings. The number of H-pyrrole nitrogens is 1. The molecular weight excluding hydrogens is 364 g/mol. The van der Waals surface area contributed by atoms with Crippen LogP contribution in [0.25, 0.3) is 0 Å². The Morgan fingerprint density at radius 3 is 2.86 bits per heavy atom. The van der Waals surface area contributed by atoms with E-state index in [1.54, 1.807) is 6.20 Å². The number of carbonyl (C=O) groups is 1. The van der Waals surface area contributed by atoms with Gasteiger partial charge in [-0.3, -0.25) is 19.6 Å². The van der Waals surface area contributed by atoms with E-state index in [0.29, 0.717) is 12.6 Å². The Morgan fingerprint density at radius 1 is 1.21 bits per heavy atom. The van der Waals surface area contributed by atoms with Gasteiger partial charge in [0.25, 0.3) is 0 Å². The second kappa shape index (κ2) is 9.98. The van der Waals surface area contributed by atoms with Gasteiger partial charge in [-0.1, -0.05) is 6.07 Å². The van der Waals surface area contributed by atoms with E-state index in [4.69, 9.17) is 0 Å². The average molecular weight is 397 g/mol. The Kier molecular flexibility index (Phi) is 6.90. The molecule has 1 unspecified atom stereocenters. The van der Waals surface area contributed by atoms with Crippen molar-refractivity contribution in [3.8, 4) is 0 Å². The fourth-order valence-corrected chi connectivity index (χ4v) is 4.63. The van der Waals surface area contributed by atoms with Crippen LogP contribution in [-0.4, -0.2) is 69.4 Å². The van der Waals surface area contributed by atoms with Gasteiger partial charge in [-0.25, -0.2) is 4.98 Å². The number of aromatic nitrogens is 3. The largest absolute Gasteiger partial charge is 0.355 e. The highest BCUT2D eigenvalue weighted by Gasteiger charge is 2.31. The quantitative estimate of drug-likeness (QED) is 0.747. The lowest BCUT2D eigenvalue weighted by molar-refractivity contribution is -0.127. The molecule has 1 amide bonds. The van der Waals surface area contributed by atoms with Crippen LogP contribution in [0.15, 0.2) is 36.9 Å². The third kappa shape index (κ3) is 5.64. The summed E-state index contributed by atoms with van der Waals surface area (Å²) in [5.41, 5.74) is 1.29. The van der Waals surface area contributed by atoms with Crippen LogP contribution < -0.4 is 5.32 Å². The van der Waals surface area contributed by atoms with Crippen LogP contribution in [0.4, 0.5) is 0 Å². The minimum Gasteiger partial charge on any atom is -0.355 e. The molecule has 0 aromatic carbocycles. The summed E-state index contributed by atoms with van der Waals surface area (Å²) in [4.78, 5) is 29.2. The maximum atomic E-state index is 12.6. The molecule has 156 valence electrons. The third-order valence-electron chi connectivity index (χ3n) is 6.24. The van der Waals surface area contributed by atoms with Gasteiger partial charge in [0.1, 0.15) is 5.82 Å². The lowest BCUT2D eigenvalue weighted by Gasteiger charge is -2.42. The summed E-state index contributed by atoms with van der Waals surface area (Å²) in [6.45, 7) is 5.91. The number of pyridine rings is 1. The monoisotopic (exact) mass is 396 g/mol. The normalized spacial score (nSPS) is 21.9. The second-order valence-electron chi connectivity index (χ2n) is 8.28. The number of likely N-dealkylation sites (tertiary alicyclic amines) is 2. The number of aromatic amines is 1. The standard InChI is InChI=1S/C22H32N6O/c29-22(26-9-5-21-24-10-11-25-21)19-4-2-12-28(17-19)20-6-13-27(14-7-20)16-18-3-1-8-23-15-18/h1,3,8,10-11,15,19-20H,2,4-7,9,12-14,16-17H2,(H,24,25)(H,26,29). The molecule has 0 saturated carbocycles. The summed E-state index contributed by atoms with van der Waals surface area (Å²) >= 11 is 0. The first-order chi connectivity index (χ1) is 14.3.